The van der Waals surface area contributed by atoms with Gasteiger partial charge in [0.2, 0.25) is 5.91 Å². The third kappa shape index (κ3) is 3.11. The van der Waals surface area contributed by atoms with E-state index in [1.807, 2.05) is 55.5 Å². The Hall–Kier alpha value is -2.75. The second-order valence-electron chi connectivity index (χ2n) is 5.31. The third-order valence-electron chi connectivity index (χ3n) is 3.49. The van der Waals surface area contributed by atoms with Crippen molar-refractivity contribution in [1.82, 2.24) is 0 Å². The molecule has 3 aromatic rings. The van der Waals surface area contributed by atoms with Crippen LogP contribution in [0.25, 0.3) is 11.0 Å². The van der Waals surface area contributed by atoms with E-state index < -0.39 is 0 Å². The molecule has 0 unspecified atom stereocenters. The summed E-state index contributed by atoms with van der Waals surface area (Å²) >= 11 is 0. The summed E-state index contributed by atoms with van der Waals surface area (Å²) < 4.78 is 5.78. The Labute approximate surface area is 129 Å². The van der Waals surface area contributed by atoms with E-state index in [1.165, 1.54) is 6.92 Å². The molecule has 3 rings (SSSR count). The van der Waals surface area contributed by atoms with E-state index in [-0.39, 0.29) is 5.91 Å². The number of nitrogens with one attached hydrogen (secondary N) is 2. The summed E-state index contributed by atoms with van der Waals surface area (Å²) in [6.07, 6.45) is 0. The van der Waals surface area contributed by atoms with Crippen LogP contribution in [0.5, 0.6) is 0 Å². The molecule has 2 N–H and O–H groups in total. The normalized spacial score (nSPS) is 10.6. The number of para-hydroxylation sites is 1. The van der Waals surface area contributed by atoms with Crippen molar-refractivity contribution >= 4 is 28.3 Å². The molecular formula is C18H18N2O2. The van der Waals surface area contributed by atoms with Gasteiger partial charge in [0.05, 0.1) is 6.54 Å². The van der Waals surface area contributed by atoms with Crippen molar-refractivity contribution in [2.24, 2.45) is 0 Å². The highest BCUT2D eigenvalue weighted by Crippen LogP contribution is 2.23. The van der Waals surface area contributed by atoms with Crippen LogP contribution in [0.15, 0.2) is 52.9 Å². The second-order valence-corrected chi connectivity index (χ2v) is 5.31. The SMILES string of the molecule is CC(=O)Nc1cc(NCc2cc3ccccc3o2)ccc1C. The van der Waals surface area contributed by atoms with Crippen LogP contribution >= 0.6 is 0 Å². The summed E-state index contributed by atoms with van der Waals surface area (Å²) in [4.78, 5) is 11.2. The fourth-order valence-corrected chi connectivity index (χ4v) is 2.37. The molecule has 1 aromatic heterocycles. The predicted octanol–water partition coefficient (Wildman–Crippen LogP) is 4.31. The van der Waals surface area contributed by atoms with Crippen molar-refractivity contribution in [1.29, 1.82) is 0 Å². The van der Waals surface area contributed by atoms with Gasteiger partial charge in [-0.15, -0.1) is 0 Å². The van der Waals surface area contributed by atoms with E-state index in [0.29, 0.717) is 6.54 Å². The average molecular weight is 294 g/mol. The largest absolute Gasteiger partial charge is 0.459 e. The molecular weight excluding hydrogens is 276 g/mol. The number of fused-ring (bicyclic) bond motifs is 1. The van der Waals surface area contributed by atoms with Crippen LogP contribution in [0, 0.1) is 6.92 Å². The Morgan fingerprint density at radius 3 is 2.73 bits per heavy atom. The highest BCUT2D eigenvalue weighted by atomic mass is 16.3. The summed E-state index contributed by atoms with van der Waals surface area (Å²) in [6.45, 7) is 4.07. The standard InChI is InChI=1S/C18H18N2O2/c1-12-7-8-15(10-17(12)20-13(2)21)19-11-16-9-14-5-3-4-6-18(14)22-16/h3-10,19H,11H2,1-2H3,(H,20,21). The molecule has 0 saturated carbocycles. The lowest BCUT2D eigenvalue weighted by atomic mass is 10.1. The van der Waals surface area contributed by atoms with Crippen molar-refractivity contribution < 1.29 is 9.21 Å². The van der Waals surface area contributed by atoms with Gasteiger partial charge in [-0.3, -0.25) is 4.79 Å². The van der Waals surface area contributed by atoms with Gasteiger partial charge in [0.25, 0.3) is 0 Å². The van der Waals surface area contributed by atoms with Crippen LogP contribution in [0.3, 0.4) is 0 Å². The van der Waals surface area contributed by atoms with Gasteiger partial charge in [0.1, 0.15) is 11.3 Å². The number of anilines is 2. The summed E-state index contributed by atoms with van der Waals surface area (Å²) in [6, 6.07) is 15.9. The van der Waals surface area contributed by atoms with Gasteiger partial charge in [-0.25, -0.2) is 0 Å². The highest BCUT2D eigenvalue weighted by molar-refractivity contribution is 5.90. The molecule has 1 heterocycles. The lowest BCUT2D eigenvalue weighted by Crippen LogP contribution is -2.08. The molecule has 0 spiro atoms. The molecule has 2 aromatic carbocycles. The third-order valence-corrected chi connectivity index (χ3v) is 3.49. The quantitative estimate of drug-likeness (QED) is 0.753. The molecule has 0 bridgehead atoms. The number of hydrogen-bond donors (Lipinski definition) is 2. The van der Waals surface area contributed by atoms with Gasteiger partial charge in [-0.1, -0.05) is 24.3 Å². The smallest absolute Gasteiger partial charge is 0.221 e. The summed E-state index contributed by atoms with van der Waals surface area (Å²) in [5.41, 5.74) is 3.68. The maximum atomic E-state index is 11.2. The number of hydrogen-bond acceptors (Lipinski definition) is 3. The molecule has 112 valence electrons. The minimum Gasteiger partial charge on any atom is -0.459 e. The van der Waals surface area contributed by atoms with Crippen LogP contribution in [0.2, 0.25) is 0 Å². The summed E-state index contributed by atoms with van der Waals surface area (Å²) in [7, 11) is 0. The van der Waals surface area contributed by atoms with Crippen molar-refractivity contribution in [3.63, 3.8) is 0 Å². The highest BCUT2D eigenvalue weighted by Gasteiger charge is 2.05. The lowest BCUT2D eigenvalue weighted by molar-refractivity contribution is -0.114. The van der Waals surface area contributed by atoms with Gasteiger partial charge in [-0.2, -0.15) is 0 Å². The molecule has 0 aliphatic heterocycles. The molecule has 0 saturated heterocycles. The molecule has 1 amide bonds. The second kappa shape index (κ2) is 5.93. The van der Waals surface area contributed by atoms with Gasteiger partial charge in [-0.05, 0) is 36.8 Å². The first kappa shape index (κ1) is 14.2. The van der Waals surface area contributed by atoms with E-state index in [1.54, 1.807) is 0 Å². The molecule has 4 nitrogen and oxygen atoms in total. The first-order valence-corrected chi connectivity index (χ1v) is 7.21. The number of carbonyl (C=O) groups is 1. The Bertz CT molecular complexity index is 788. The average Bonchev–Trinajstić information content (AvgIpc) is 2.90. The molecule has 0 fully saturated rings. The predicted molar refractivity (Wildman–Crippen MR) is 89.0 cm³/mol. The maximum Gasteiger partial charge on any atom is 0.221 e. The van der Waals surface area contributed by atoms with Crippen molar-refractivity contribution in [3.8, 4) is 0 Å². The number of amides is 1. The molecule has 4 heteroatoms. The fourth-order valence-electron chi connectivity index (χ4n) is 2.37. The zero-order valence-electron chi connectivity index (χ0n) is 12.6. The van der Waals surface area contributed by atoms with Crippen molar-refractivity contribution in [3.05, 3.63) is 59.9 Å². The van der Waals surface area contributed by atoms with Gasteiger partial charge >= 0.3 is 0 Å². The molecule has 0 radical (unpaired) electrons. The van der Waals surface area contributed by atoms with Gasteiger partial charge in [0, 0.05) is 23.7 Å². The monoisotopic (exact) mass is 294 g/mol. The summed E-state index contributed by atoms with van der Waals surface area (Å²) in [5.74, 6) is 0.806. The number of carbonyl (C=O) groups excluding carboxylic acids is 1. The zero-order chi connectivity index (χ0) is 15.5. The van der Waals surface area contributed by atoms with Crippen LogP contribution in [-0.4, -0.2) is 5.91 Å². The maximum absolute atomic E-state index is 11.2. The minimum absolute atomic E-state index is 0.0717. The van der Waals surface area contributed by atoms with E-state index in [9.17, 15) is 4.79 Å². The van der Waals surface area contributed by atoms with Gasteiger partial charge < -0.3 is 15.1 Å². The zero-order valence-corrected chi connectivity index (χ0v) is 12.6. The van der Waals surface area contributed by atoms with Crippen molar-refractivity contribution in [2.75, 3.05) is 10.6 Å². The molecule has 0 atom stereocenters. The van der Waals surface area contributed by atoms with Gasteiger partial charge in [0.15, 0.2) is 0 Å². The molecule has 0 aliphatic carbocycles. The number of furan rings is 1. The molecule has 0 aliphatic rings. The summed E-state index contributed by atoms with van der Waals surface area (Å²) in [5, 5.41) is 7.25. The minimum atomic E-state index is -0.0717. The Morgan fingerprint density at radius 1 is 1.14 bits per heavy atom. The van der Waals surface area contributed by atoms with Crippen LogP contribution in [0.1, 0.15) is 18.2 Å². The van der Waals surface area contributed by atoms with Crippen LogP contribution in [-0.2, 0) is 11.3 Å². The number of aryl methyl sites for hydroxylation is 1. The van der Waals surface area contributed by atoms with Crippen LogP contribution in [0.4, 0.5) is 11.4 Å². The topological polar surface area (TPSA) is 54.3 Å². The Balaban J connectivity index is 1.74. The Kier molecular flexibility index (Phi) is 3.83. The fraction of sp³-hybridized carbons (Fsp3) is 0.167. The first-order valence-electron chi connectivity index (χ1n) is 7.21. The Morgan fingerprint density at radius 2 is 1.95 bits per heavy atom. The van der Waals surface area contributed by atoms with Crippen molar-refractivity contribution in [2.45, 2.75) is 20.4 Å². The van der Waals surface area contributed by atoms with Crippen LogP contribution < -0.4 is 10.6 Å². The van der Waals surface area contributed by atoms with E-state index in [2.05, 4.69) is 10.6 Å². The number of rotatable bonds is 4. The molecule has 22 heavy (non-hydrogen) atoms. The van der Waals surface area contributed by atoms with E-state index in [0.717, 1.165) is 33.7 Å². The number of benzene rings is 2. The lowest BCUT2D eigenvalue weighted by Gasteiger charge is -2.10. The first-order chi connectivity index (χ1) is 10.6. The van der Waals surface area contributed by atoms with E-state index >= 15 is 0 Å². The van der Waals surface area contributed by atoms with E-state index in [4.69, 9.17) is 4.42 Å².